The van der Waals surface area contributed by atoms with Gasteiger partial charge in [-0.15, -0.1) is 0 Å². The Morgan fingerprint density at radius 1 is 0.500 bits per heavy atom. The molecule has 0 aliphatic carbocycles. The molecule has 0 radical (unpaired) electrons. The Bertz CT molecular complexity index is 1070. The van der Waals surface area contributed by atoms with E-state index in [1.165, 1.54) is 0 Å². The maximum atomic E-state index is 9.94. The number of nitrogens with zero attached hydrogens (tertiary/aromatic N) is 2. The van der Waals surface area contributed by atoms with Crippen molar-refractivity contribution in [2.75, 3.05) is 0 Å². The second-order valence-corrected chi connectivity index (χ2v) is 5.93. The van der Waals surface area contributed by atoms with E-state index in [-0.39, 0.29) is 11.5 Å². The summed E-state index contributed by atoms with van der Waals surface area (Å²) in [5.41, 5.74) is 1.76. The van der Waals surface area contributed by atoms with E-state index in [0.29, 0.717) is 0 Å². The summed E-state index contributed by atoms with van der Waals surface area (Å²) in [6, 6.07) is 22.2. The van der Waals surface area contributed by atoms with E-state index in [9.17, 15) is 10.2 Å². The number of aromatic hydroxyl groups is 2. The summed E-state index contributed by atoms with van der Waals surface area (Å²) < 4.78 is 0. The highest BCUT2D eigenvalue weighted by atomic mass is 16.3. The fraction of sp³-hybridized carbons (Fsp3) is 0. The minimum Gasteiger partial charge on any atom is -0.507 e. The van der Waals surface area contributed by atoms with Crippen LogP contribution in [0.25, 0.3) is 21.5 Å². The third kappa shape index (κ3) is 2.89. The Kier molecular flexibility index (Phi) is 4.07. The molecule has 0 fully saturated rings. The minimum atomic E-state index is 0.247. The van der Waals surface area contributed by atoms with Crippen molar-refractivity contribution in [2.45, 2.75) is 0 Å². The van der Waals surface area contributed by atoms with Gasteiger partial charge in [0.15, 0.2) is 0 Å². The molecule has 2 N–H and O–H groups in total. The number of phenols is 2. The lowest BCUT2D eigenvalue weighted by molar-refractivity contribution is 0.481. The lowest BCUT2D eigenvalue weighted by Crippen LogP contribution is -1.86. The number of rotatable bonds is 3. The summed E-state index contributed by atoms with van der Waals surface area (Å²) in [6.45, 7) is 0. The number of phenolic OH excluding ortho intramolecular Hbond substituents is 2. The lowest BCUT2D eigenvalue weighted by atomic mass is 10.0. The quantitative estimate of drug-likeness (QED) is 0.413. The van der Waals surface area contributed by atoms with E-state index in [4.69, 9.17) is 0 Å². The molecule has 26 heavy (non-hydrogen) atoms. The van der Waals surface area contributed by atoms with Crippen LogP contribution in [0.5, 0.6) is 11.5 Å². The Balaban J connectivity index is 1.66. The SMILES string of the molecule is Oc1ccc(/C=N/N=C/c2ccc(O)c3ccccc23)c2ccccc12. The van der Waals surface area contributed by atoms with Gasteiger partial charge < -0.3 is 10.2 Å². The van der Waals surface area contributed by atoms with E-state index in [2.05, 4.69) is 10.2 Å². The van der Waals surface area contributed by atoms with Gasteiger partial charge in [-0.25, -0.2) is 0 Å². The largest absolute Gasteiger partial charge is 0.507 e. The van der Waals surface area contributed by atoms with Gasteiger partial charge >= 0.3 is 0 Å². The molecule has 4 nitrogen and oxygen atoms in total. The van der Waals surface area contributed by atoms with Crippen molar-refractivity contribution in [1.82, 2.24) is 0 Å². The monoisotopic (exact) mass is 340 g/mol. The Labute approximate surface area is 150 Å². The van der Waals surface area contributed by atoms with Crippen LogP contribution < -0.4 is 0 Å². The Morgan fingerprint density at radius 3 is 1.31 bits per heavy atom. The summed E-state index contributed by atoms with van der Waals surface area (Å²) in [6.07, 6.45) is 3.34. The molecule has 0 atom stereocenters. The maximum Gasteiger partial charge on any atom is 0.123 e. The van der Waals surface area contributed by atoms with Gasteiger partial charge in [-0.05, 0) is 35.0 Å². The Hall–Kier alpha value is -3.66. The van der Waals surface area contributed by atoms with Crippen LogP contribution in [0.1, 0.15) is 11.1 Å². The van der Waals surface area contributed by atoms with Crippen molar-refractivity contribution in [2.24, 2.45) is 10.2 Å². The predicted molar refractivity (Wildman–Crippen MR) is 106 cm³/mol. The third-order valence-corrected chi connectivity index (χ3v) is 4.33. The third-order valence-electron chi connectivity index (χ3n) is 4.33. The smallest absolute Gasteiger partial charge is 0.123 e. The molecule has 4 rings (SSSR count). The van der Waals surface area contributed by atoms with E-state index in [0.717, 1.165) is 32.7 Å². The Morgan fingerprint density at radius 2 is 0.885 bits per heavy atom. The van der Waals surface area contributed by atoms with Crippen LogP contribution >= 0.6 is 0 Å². The van der Waals surface area contributed by atoms with Crippen molar-refractivity contribution >= 4 is 34.0 Å². The summed E-state index contributed by atoms with van der Waals surface area (Å²) in [4.78, 5) is 0. The highest BCUT2D eigenvalue weighted by Crippen LogP contribution is 2.27. The van der Waals surface area contributed by atoms with Gasteiger partial charge in [0, 0.05) is 21.9 Å². The average Bonchev–Trinajstić information content (AvgIpc) is 2.69. The molecule has 0 bridgehead atoms. The molecule has 0 amide bonds. The average molecular weight is 340 g/mol. The zero-order chi connectivity index (χ0) is 17.9. The molecule has 0 aromatic heterocycles. The molecule has 0 spiro atoms. The molecular weight excluding hydrogens is 324 g/mol. The molecule has 0 saturated carbocycles. The van der Waals surface area contributed by atoms with E-state index in [1.807, 2.05) is 60.7 Å². The van der Waals surface area contributed by atoms with Crippen molar-refractivity contribution < 1.29 is 10.2 Å². The second kappa shape index (κ2) is 6.69. The van der Waals surface area contributed by atoms with Crippen molar-refractivity contribution in [3.8, 4) is 11.5 Å². The molecule has 4 aromatic carbocycles. The standard InChI is InChI=1S/C22H16N2O2/c25-21-11-9-15(17-5-1-3-7-19(17)21)13-23-24-14-16-10-12-22(26)20-8-4-2-6-18(16)20/h1-14,25-26H/b23-13+,24-14+. The second-order valence-electron chi connectivity index (χ2n) is 5.93. The molecule has 4 heteroatoms. The first-order chi connectivity index (χ1) is 12.7. The van der Waals surface area contributed by atoms with Gasteiger partial charge in [-0.2, -0.15) is 10.2 Å². The molecule has 0 heterocycles. The van der Waals surface area contributed by atoms with Gasteiger partial charge in [0.25, 0.3) is 0 Å². The van der Waals surface area contributed by atoms with Crippen LogP contribution in [-0.4, -0.2) is 22.6 Å². The molecular formula is C22H16N2O2. The first-order valence-corrected chi connectivity index (χ1v) is 8.22. The molecule has 4 aromatic rings. The molecule has 0 unspecified atom stereocenters. The summed E-state index contributed by atoms with van der Waals surface area (Å²) in [5.74, 6) is 0.494. The summed E-state index contributed by atoms with van der Waals surface area (Å²) in [7, 11) is 0. The van der Waals surface area contributed by atoms with Crippen LogP contribution in [0.15, 0.2) is 83.0 Å². The van der Waals surface area contributed by atoms with Gasteiger partial charge in [0.2, 0.25) is 0 Å². The van der Waals surface area contributed by atoms with E-state index >= 15 is 0 Å². The molecule has 0 aliphatic rings. The van der Waals surface area contributed by atoms with E-state index < -0.39 is 0 Å². The minimum absolute atomic E-state index is 0.247. The van der Waals surface area contributed by atoms with Gasteiger partial charge in [0.1, 0.15) is 11.5 Å². The highest BCUT2D eigenvalue weighted by Gasteiger charge is 2.03. The van der Waals surface area contributed by atoms with Gasteiger partial charge in [-0.3, -0.25) is 0 Å². The van der Waals surface area contributed by atoms with E-state index in [1.54, 1.807) is 24.6 Å². The van der Waals surface area contributed by atoms with Gasteiger partial charge in [0.05, 0.1) is 12.4 Å². The summed E-state index contributed by atoms with van der Waals surface area (Å²) >= 11 is 0. The van der Waals surface area contributed by atoms with Crippen LogP contribution in [0.3, 0.4) is 0 Å². The first kappa shape index (κ1) is 15.8. The number of fused-ring (bicyclic) bond motifs is 2. The van der Waals surface area contributed by atoms with Crippen LogP contribution in [0.4, 0.5) is 0 Å². The fourth-order valence-electron chi connectivity index (χ4n) is 3.03. The molecule has 0 aliphatic heterocycles. The van der Waals surface area contributed by atoms with Crippen LogP contribution in [0, 0.1) is 0 Å². The maximum absolute atomic E-state index is 9.94. The first-order valence-electron chi connectivity index (χ1n) is 8.22. The lowest BCUT2D eigenvalue weighted by Gasteiger charge is -2.04. The molecule has 126 valence electrons. The highest BCUT2D eigenvalue weighted by molar-refractivity contribution is 6.03. The number of hydrogen-bond acceptors (Lipinski definition) is 4. The van der Waals surface area contributed by atoms with Crippen LogP contribution in [-0.2, 0) is 0 Å². The fourth-order valence-corrected chi connectivity index (χ4v) is 3.03. The van der Waals surface area contributed by atoms with Crippen molar-refractivity contribution in [1.29, 1.82) is 0 Å². The normalized spacial score (nSPS) is 11.8. The molecule has 0 saturated heterocycles. The number of benzene rings is 4. The van der Waals surface area contributed by atoms with Crippen LogP contribution in [0.2, 0.25) is 0 Å². The zero-order valence-corrected chi connectivity index (χ0v) is 13.9. The van der Waals surface area contributed by atoms with Gasteiger partial charge in [-0.1, -0.05) is 48.5 Å². The number of hydrogen-bond donors (Lipinski definition) is 2. The summed E-state index contributed by atoms with van der Waals surface area (Å²) in [5, 5.41) is 31.6. The topological polar surface area (TPSA) is 65.2 Å². The zero-order valence-electron chi connectivity index (χ0n) is 13.9. The van der Waals surface area contributed by atoms with Crippen molar-refractivity contribution in [3.05, 3.63) is 83.9 Å². The predicted octanol–water partition coefficient (Wildman–Crippen LogP) is 4.86. The van der Waals surface area contributed by atoms with Crippen molar-refractivity contribution in [3.63, 3.8) is 0 Å².